The molecule has 0 radical (unpaired) electrons. The number of hydrogen-bond acceptors (Lipinski definition) is 7. The van der Waals surface area contributed by atoms with Crippen molar-refractivity contribution in [2.24, 2.45) is 0 Å². The SMILES string of the molecule is COC(=O)c1ccc(CN2C(=O)N/C(=C\c3ccc(OCC(=O)Nc4ccc(C)cc4)c(Cl)c3)C2=O)o1. The van der Waals surface area contributed by atoms with E-state index in [0.717, 1.165) is 10.5 Å². The highest BCUT2D eigenvalue weighted by molar-refractivity contribution is 6.32. The van der Waals surface area contributed by atoms with E-state index in [2.05, 4.69) is 15.4 Å². The van der Waals surface area contributed by atoms with Gasteiger partial charge in [-0.3, -0.25) is 14.5 Å². The number of nitrogens with zero attached hydrogens (tertiary/aromatic N) is 1. The summed E-state index contributed by atoms with van der Waals surface area (Å²) < 4.78 is 15.4. The number of aryl methyl sites for hydroxylation is 1. The minimum absolute atomic E-state index is 0.0342. The molecule has 2 aromatic carbocycles. The van der Waals surface area contributed by atoms with E-state index in [1.54, 1.807) is 30.3 Å². The lowest BCUT2D eigenvalue weighted by atomic mass is 10.2. The summed E-state index contributed by atoms with van der Waals surface area (Å²) in [6.45, 7) is 1.53. The van der Waals surface area contributed by atoms with Gasteiger partial charge >= 0.3 is 12.0 Å². The predicted molar refractivity (Wildman–Crippen MR) is 134 cm³/mol. The van der Waals surface area contributed by atoms with Gasteiger partial charge in [-0.15, -0.1) is 0 Å². The third kappa shape index (κ3) is 6.17. The van der Waals surface area contributed by atoms with Crippen LogP contribution in [0.25, 0.3) is 6.08 Å². The van der Waals surface area contributed by atoms with Crippen LogP contribution in [0, 0.1) is 6.92 Å². The number of imide groups is 1. The molecule has 0 bridgehead atoms. The number of halogens is 1. The van der Waals surface area contributed by atoms with Crippen LogP contribution < -0.4 is 15.4 Å². The molecule has 3 aromatic rings. The molecule has 1 aliphatic rings. The number of esters is 1. The highest BCUT2D eigenvalue weighted by Crippen LogP contribution is 2.27. The molecule has 0 aliphatic carbocycles. The zero-order valence-electron chi connectivity index (χ0n) is 19.9. The fourth-order valence-corrected chi connectivity index (χ4v) is 3.66. The molecule has 0 saturated carbocycles. The van der Waals surface area contributed by atoms with E-state index in [0.29, 0.717) is 11.3 Å². The lowest BCUT2D eigenvalue weighted by Gasteiger charge is -2.10. The van der Waals surface area contributed by atoms with Crippen LogP contribution in [0.5, 0.6) is 5.75 Å². The Morgan fingerprint density at radius 3 is 2.57 bits per heavy atom. The summed E-state index contributed by atoms with van der Waals surface area (Å²) in [5, 5.41) is 5.45. The number of carbonyl (C=O) groups is 4. The smallest absolute Gasteiger partial charge is 0.373 e. The number of ether oxygens (including phenoxy) is 2. The molecule has 0 spiro atoms. The molecule has 10 nitrogen and oxygen atoms in total. The quantitative estimate of drug-likeness (QED) is 0.258. The number of nitrogens with one attached hydrogen (secondary N) is 2. The van der Waals surface area contributed by atoms with Gasteiger partial charge in [0.25, 0.3) is 11.8 Å². The molecule has 190 valence electrons. The minimum Gasteiger partial charge on any atom is -0.482 e. The summed E-state index contributed by atoms with van der Waals surface area (Å²) in [6, 6.07) is 14.3. The van der Waals surface area contributed by atoms with Gasteiger partial charge in [0.2, 0.25) is 5.76 Å². The number of benzene rings is 2. The maximum absolute atomic E-state index is 12.8. The molecular formula is C26H22ClN3O7. The molecule has 1 aliphatic heterocycles. The largest absolute Gasteiger partial charge is 0.482 e. The molecular weight excluding hydrogens is 502 g/mol. The number of amides is 4. The van der Waals surface area contributed by atoms with Crippen molar-refractivity contribution in [1.29, 1.82) is 0 Å². The lowest BCUT2D eigenvalue weighted by Crippen LogP contribution is -2.30. The molecule has 0 atom stereocenters. The number of urea groups is 1. The van der Waals surface area contributed by atoms with E-state index in [-0.39, 0.29) is 47.0 Å². The Balaban J connectivity index is 1.37. The molecule has 2 N–H and O–H groups in total. The van der Waals surface area contributed by atoms with E-state index in [1.165, 1.54) is 25.3 Å². The van der Waals surface area contributed by atoms with E-state index >= 15 is 0 Å². The van der Waals surface area contributed by atoms with Crippen LogP contribution in [-0.2, 0) is 20.9 Å². The maximum atomic E-state index is 12.8. The summed E-state index contributed by atoms with van der Waals surface area (Å²) in [5.41, 5.74) is 2.29. The zero-order valence-corrected chi connectivity index (χ0v) is 20.6. The molecule has 4 amide bonds. The summed E-state index contributed by atoms with van der Waals surface area (Å²) in [4.78, 5) is 49.7. The first kappa shape index (κ1) is 25.5. The van der Waals surface area contributed by atoms with Crippen molar-refractivity contribution in [3.63, 3.8) is 0 Å². The average Bonchev–Trinajstić information content (AvgIpc) is 3.45. The minimum atomic E-state index is -0.666. The molecule has 4 rings (SSSR count). The lowest BCUT2D eigenvalue weighted by molar-refractivity contribution is -0.123. The van der Waals surface area contributed by atoms with Crippen LogP contribution in [0.15, 0.2) is 64.7 Å². The number of rotatable bonds is 8. The van der Waals surface area contributed by atoms with E-state index < -0.39 is 17.9 Å². The summed E-state index contributed by atoms with van der Waals surface area (Å²) in [6.07, 6.45) is 1.46. The number of carbonyl (C=O) groups excluding carboxylic acids is 4. The van der Waals surface area contributed by atoms with Gasteiger partial charge in [0.05, 0.1) is 18.7 Å². The van der Waals surface area contributed by atoms with Gasteiger partial charge in [0.1, 0.15) is 17.2 Å². The molecule has 0 unspecified atom stereocenters. The molecule has 11 heteroatoms. The number of hydrogen-bond donors (Lipinski definition) is 2. The van der Waals surface area contributed by atoms with Crippen molar-refractivity contribution in [2.75, 3.05) is 19.0 Å². The Hall–Kier alpha value is -4.57. The van der Waals surface area contributed by atoms with Crippen molar-refractivity contribution in [1.82, 2.24) is 10.2 Å². The van der Waals surface area contributed by atoms with Crippen LogP contribution >= 0.6 is 11.6 Å². The first-order valence-corrected chi connectivity index (χ1v) is 11.4. The third-order valence-corrected chi connectivity index (χ3v) is 5.58. The topological polar surface area (TPSA) is 127 Å². The highest BCUT2D eigenvalue weighted by Gasteiger charge is 2.34. The molecule has 37 heavy (non-hydrogen) atoms. The Kier molecular flexibility index (Phi) is 7.59. The van der Waals surface area contributed by atoms with Gasteiger partial charge in [-0.1, -0.05) is 35.4 Å². The maximum Gasteiger partial charge on any atom is 0.373 e. The second-order valence-corrected chi connectivity index (χ2v) is 8.44. The van der Waals surface area contributed by atoms with Gasteiger partial charge in [-0.25, -0.2) is 9.59 Å². The van der Waals surface area contributed by atoms with Crippen LogP contribution in [-0.4, -0.2) is 42.4 Å². The van der Waals surface area contributed by atoms with Gasteiger partial charge in [-0.2, -0.15) is 0 Å². The summed E-state index contributed by atoms with van der Waals surface area (Å²) in [7, 11) is 1.22. The Labute approximate surface area is 216 Å². The van der Waals surface area contributed by atoms with Gasteiger partial charge in [0.15, 0.2) is 6.61 Å². The summed E-state index contributed by atoms with van der Waals surface area (Å²) in [5.74, 6) is -1.11. The second-order valence-electron chi connectivity index (χ2n) is 8.03. The van der Waals surface area contributed by atoms with Crippen molar-refractivity contribution in [3.05, 3.63) is 88.0 Å². The third-order valence-electron chi connectivity index (χ3n) is 5.29. The Morgan fingerprint density at radius 2 is 1.86 bits per heavy atom. The van der Waals surface area contributed by atoms with E-state index in [4.69, 9.17) is 20.8 Å². The standard InChI is InChI=1S/C26H22ClN3O7/c1-15-3-6-17(7-4-15)28-23(31)14-36-21-9-5-16(11-19(21)27)12-20-24(32)30(26(34)29-20)13-18-8-10-22(37-18)25(33)35-2/h3-12H,13-14H2,1-2H3,(H,28,31)(H,29,34)/b20-12-. The Morgan fingerprint density at radius 1 is 1.11 bits per heavy atom. The van der Waals surface area contributed by atoms with E-state index in [1.807, 2.05) is 19.1 Å². The second kappa shape index (κ2) is 11.0. The zero-order chi connectivity index (χ0) is 26.5. The number of methoxy groups -OCH3 is 1. The number of furan rings is 1. The first-order chi connectivity index (χ1) is 17.7. The first-order valence-electron chi connectivity index (χ1n) is 11.0. The van der Waals surface area contributed by atoms with Crippen molar-refractivity contribution < 1.29 is 33.1 Å². The molecule has 1 aromatic heterocycles. The normalized spacial score (nSPS) is 14.0. The van der Waals surface area contributed by atoms with Crippen LogP contribution in [0.1, 0.15) is 27.4 Å². The van der Waals surface area contributed by atoms with Crippen LogP contribution in [0.3, 0.4) is 0 Å². The molecule has 1 fully saturated rings. The Bertz CT molecular complexity index is 1400. The monoisotopic (exact) mass is 523 g/mol. The van der Waals surface area contributed by atoms with Crippen molar-refractivity contribution in [3.8, 4) is 5.75 Å². The summed E-state index contributed by atoms with van der Waals surface area (Å²) >= 11 is 6.30. The highest BCUT2D eigenvalue weighted by atomic mass is 35.5. The fraction of sp³-hybridized carbons (Fsp3) is 0.154. The van der Waals surface area contributed by atoms with Gasteiger partial charge < -0.3 is 24.5 Å². The van der Waals surface area contributed by atoms with Gasteiger partial charge in [-0.05, 0) is 55.0 Å². The fourth-order valence-electron chi connectivity index (χ4n) is 3.41. The van der Waals surface area contributed by atoms with E-state index in [9.17, 15) is 19.2 Å². The van der Waals surface area contributed by atoms with Crippen LogP contribution in [0.2, 0.25) is 5.02 Å². The molecule has 1 saturated heterocycles. The van der Waals surface area contributed by atoms with Crippen molar-refractivity contribution in [2.45, 2.75) is 13.5 Å². The van der Waals surface area contributed by atoms with Crippen molar-refractivity contribution >= 4 is 47.2 Å². The van der Waals surface area contributed by atoms with Gasteiger partial charge in [0, 0.05) is 5.69 Å². The number of anilines is 1. The average molecular weight is 524 g/mol. The molecule has 2 heterocycles. The predicted octanol–water partition coefficient (Wildman–Crippen LogP) is 4.14. The van der Waals surface area contributed by atoms with Crippen LogP contribution in [0.4, 0.5) is 10.5 Å².